The molecule has 2 unspecified atom stereocenters. The van der Waals surface area contributed by atoms with Crippen LogP contribution in [0.4, 0.5) is 0 Å². The minimum Gasteiger partial charge on any atom is -0.495 e. The number of rotatable bonds is 4. The number of benzene rings is 1. The highest BCUT2D eigenvalue weighted by molar-refractivity contribution is 6.32. The van der Waals surface area contributed by atoms with E-state index in [1.807, 2.05) is 6.07 Å². The Bertz CT molecular complexity index is 380. The summed E-state index contributed by atoms with van der Waals surface area (Å²) in [5.41, 5.74) is 1.35. The van der Waals surface area contributed by atoms with Gasteiger partial charge in [0.05, 0.1) is 12.1 Å². The van der Waals surface area contributed by atoms with Crippen molar-refractivity contribution in [1.29, 1.82) is 0 Å². The van der Waals surface area contributed by atoms with E-state index in [0.29, 0.717) is 17.0 Å². The van der Waals surface area contributed by atoms with Crippen molar-refractivity contribution < 1.29 is 4.74 Å². The lowest BCUT2D eigenvalue weighted by Gasteiger charge is -2.14. The molecule has 1 N–H and O–H groups in total. The second kappa shape index (κ2) is 5.74. The normalized spacial score (nSPS) is 23.9. The molecule has 2 rings (SSSR count). The highest BCUT2D eigenvalue weighted by atomic mass is 35.5. The van der Waals surface area contributed by atoms with Gasteiger partial charge in [0.15, 0.2) is 0 Å². The molecule has 0 heterocycles. The first kappa shape index (κ1) is 12.7. The van der Waals surface area contributed by atoms with Gasteiger partial charge in [-0.3, -0.25) is 0 Å². The van der Waals surface area contributed by atoms with Crippen LogP contribution in [-0.4, -0.2) is 19.7 Å². The molecule has 0 aromatic heterocycles. The number of halogens is 1. The lowest BCUT2D eigenvalue weighted by Crippen LogP contribution is -2.25. The minimum absolute atomic E-state index is 0.644. The van der Waals surface area contributed by atoms with Crippen molar-refractivity contribution in [2.45, 2.75) is 38.1 Å². The molecule has 1 aliphatic carbocycles. The second-order valence-electron chi connectivity index (χ2n) is 4.66. The Morgan fingerprint density at radius 2 is 2.24 bits per heavy atom. The van der Waals surface area contributed by atoms with Crippen LogP contribution in [0.5, 0.6) is 5.75 Å². The van der Waals surface area contributed by atoms with Gasteiger partial charge in [0.2, 0.25) is 0 Å². The van der Waals surface area contributed by atoms with Gasteiger partial charge in [-0.2, -0.15) is 0 Å². The molecule has 1 fully saturated rings. The first-order valence-corrected chi connectivity index (χ1v) is 6.69. The van der Waals surface area contributed by atoms with Crippen molar-refractivity contribution in [3.05, 3.63) is 28.8 Å². The number of ether oxygens (including phenoxy) is 1. The number of hydrogen-bond acceptors (Lipinski definition) is 2. The van der Waals surface area contributed by atoms with Crippen LogP contribution in [0, 0.1) is 0 Å². The summed E-state index contributed by atoms with van der Waals surface area (Å²) in [7, 11) is 1.67. The fourth-order valence-electron chi connectivity index (χ4n) is 2.69. The van der Waals surface area contributed by atoms with Crippen molar-refractivity contribution in [1.82, 2.24) is 5.32 Å². The Hall–Kier alpha value is -0.730. The molecule has 1 aliphatic rings. The number of nitrogens with one attached hydrogen (secondary N) is 1. The standard InChI is InChI=1S/C14H20ClNO/c1-3-16-12-6-4-10(8-12)11-5-7-13(15)14(9-11)17-2/h5,7,9-10,12,16H,3-4,6,8H2,1-2H3. The maximum absolute atomic E-state index is 6.04. The van der Waals surface area contributed by atoms with Gasteiger partial charge in [0.25, 0.3) is 0 Å². The van der Waals surface area contributed by atoms with Crippen molar-refractivity contribution in [2.24, 2.45) is 0 Å². The van der Waals surface area contributed by atoms with Gasteiger partial charge in [-0.1, -0.05) is 24.6 Å². The Labute approximate surface area is 108 Å². The fraction of sp³-hybridized carbons (Fsp3) is 0.571. The van der Waals surface area contributed by atoms with Gasteiger partial charge in [-0.05, 0) is 49.4 Å². The summed E-state index contributed by atoms with van der Waals surface area (Å²) in [4.78, 5) is 0. The molecule has 0 saturated heterocycles. The lowest BCUT2D eigenvalue weighted by molar-refractivity contribution is 0.414. The van der Waals surface area contributed by atoms with Crippen LogP contribution in [0.2, 0.25) is 5.02 Å². The lowest BCUT2D eigenvalue weighted by atomic mass is 9.97. The maximum Gasteiger partial charge on any atom is 0.137 e. The summed E-state index contributed by atoms with van der Waals surface area (Å²) >= 11 is 6.04. The first-order valence-electron chi connectivity index (χ1n) is 6.31. The average Bonchev–Trinajstić information content (AvgIpc) is 2.79. The molecule has 17 heavy (non-hydrogen) atoms. The third-order valence-corrected chi connectivity index (χ3v) is 3.88. The Balaban J connectivity index is 2.08. The van der Waals surface area contributed by atoms with Crippen LogP contribution in [0.1, 0.15) is 37.7 Å². The quantitative estimate of drug-likeness (QED) is 0.885. The summed E-state index contributed by atoms with van der Waals surface area (Å²) in [6.45, 7) is 3.22. The molecule has 94 valence electrons. The molecular formula is C14H20ClNO. The highest BCUT2D eigenvalue weighted by Gasteiger charge is 2.25. The molecule has 2 atom stereocenters. The Morgan fingerprint density at radius 1 is 1.41 bits per heavy atom. The van der Waals surface area contributed by atoms with Crippen LogP contribution in [0.15, 0.2) is 18.2 Å². The minimum atomic E-state index is 0.644. The summed E-state index contributed by atoms with van der Waals surface area (Å²) in [5.74, 6) is 1.43. The van der Waals surface area contributed by atoms with Crippen LogP contribution < -0.4 is 10.1 Å². The van der Waals surface area contributed by atoms with Gasteiger partial charge >= 0.3 is 0 Å². The zero-order chi connectivity index (χ0) is 12.3. The molecule has 1 aromatic rings. The van der Waals surface area contributed by atoms with E-state index < -0.39 is 0 Å². The molecule has 1 aromatic carbocycles. The van der Waals surface area contributed by atoms with Crippen LogP contribution in [-0.2, 0) is 0 Å². The van der Waals surface area contributed by atoms with Crippen molar-refractivity contribution in [3.8, 4) is 5.75 Å². The largest absolute Gasteiger partial charge is 0.495 e. The fourth-order valence-corrected chi connectivity index (χ4v) is 2.88. The monoisotopic (exact) mass is 253 g/mol. The van der Waals surface area contributed by atoms with E-state index in [2.05, 4.69) is 24.4 Å². The van der Waals surface area contributed by atoms with E-state index in [4.69, 9.17) is 16.3 Å². The third kappa shape index (κ3) is 2.93. The molecule has 0 spiro atoms. The van der Waals surface area contributed by atoms with Gasteiger partial charge in [0.1, 0.15) is 5.75 Å². The van der Waals surface area contributed by atoms with Gasteiger partial charge < -0.3 is 10.1 Å². The molecular weight excluding hydrogens is 234 g/mol. The maximum atomic E-state index is 6.04. The smallest absolute Gasteiger partial charge is 0.137 e. The van der Waals surface area contributed by atoms with Gasteiger partial charge in [0, 0.05) is 6.04 Å². The van der Waals surface area contributed by atoms with E-state index in [9.17, 15) is 0 Å². The Kier molecular flexibility index (Phi) is 4.30. The van der Waals surface area contributed by atoms with Crippen molar-refractivity contribution in [2.75, 3.05) is 13.7 Å². The zero-order valence-electron chi connectivity index (χ0n) is 10.5. The summed E-state index contributed by atoms with van der Waals surface area (Å²) in [5, 5.41) is 4.22. The zero-order valence-corrected chi connectivity index (χ0v) is 11.3. The van der Waals surface area contributed by atoms with E-state index in [-0.39, 0.29) is 0 Å². The van der Waals surface area contributed by atoms with Crippen LogP contribution in [0.3, 0.4) is 0 Å². The van der Waals surface area contributed by atoms with Crippen molar-refractivity contribution >= 4 is 11.6 Å². The summed E-state index contributed by atoms with van der Waals surface area (Å²) < 4.78 is 5.27. The van der Waals surface area contributed by atoms with E-state index in [1.54, 1.807) is 7.11 Å². The molecule has 0 bridgehead atoms. The Morgan fingerprint density at radius 3 is 2.94 bits per heavy atom. The summed E-state index contributed by atoms with van der Waals surface area (Å²) in [6, 6.07) is 6.83. The number of methoxy groups -OCH3 is 1. The predicted molar refractivity (Wildman–Crippen MR) is 72.1 cm³/mol. The van der Waals surface area contributed by atoms with E-state index >= 15 is 0 Å². The molecule has 1 saturated carbocycles. The molecule has 0 amide bonds. The molecule has 0 radical (unpaired) electrons. The van der Waals surface area contributed by atoms with E-state index in [1.165, 1.54) is 24.8 Å². The molecule has 3 heteroatoms. The SMILES string of the molecule is CCNC1CCC(c2ccc(Cl)c(OC)c2)C1. The van der Waals surface area contributed by atoms with Gasteiger partial charge in [-0.15, -0.1) is 0 Å². The molecule has 2 nitrogen and oxygen atoms in total. The summed E-state index contributed by atoms with van der Waals surface area (Å²) in [6.07, 6.45) is 3.74. The highest BCUT2D eigenvalue weighted by Crippen LogP contribution is 2.37. The number of hydrogen-bond donors (Lipinski definition) is 1. The van der Waals surface area contributed by atoms with Crippen LogP contribution >= 0.6 is 11.6 Å². The van der Waals surface area contributed by atoms with Gasteiger partial charge in [-0.25, -0.2) is 0 Å². The average molecular weight is 254 g/mol. The van der Waals surface area contributed by atoms with Crippen LogP contribution in [0.25, 0.3) is 0 Å². The topological polar surface area (TPSA) is 21.3 Å². The third-order valence-electron chi connectivity index (χ3n) is 3.57. The first-order chi connectivity index (χ1) is 8.24. The van der Waals surface area contributed by atoms with E-state index in [0.717, 1.165) is 12.3 Å². The molecule has 0 aliphatic heterocycles. The second-order valence-corrected chi connectivity index (χ2v) is 5.07. The predicted octanol–water partition coefficient (Wildman–Crippen LogP) is 3.59. The van der Waals surface area contributed by atoms with Crippen molar-refractivity contribution in [3.63, 3.8) is 0 Å².